The summed E-state index contributed by atoms with van der Waals surface area (Å²) in [5.74, 6) is -0.0328. The van der Waals surface area contributed by atoms with Gasteiger partial charge in [0.15, 0.2) is 6.73 Å². The predicted molar refractivity (Wildman–Crippen MR) is 110 cm³/mol. The quantitative estimate of drug-likeness (QED) is 0.301. The topological polar surface area (TPSA) is 117 Å². The molecule has 3 rings (SSSR count). The maximum absolute atomic E-state index is 12.2. The molecule has 0 fully saturated rings. The molecule has 1 amide bonds. The van der Waals surface area contributed by atoms with Crippen molar-refractivity contribution < 1.29 is 14.5 Å². The van der Waals surface area contributed by atoms with E-state index in [1.54, 1.807) is 23.1 Å². The summed E-state index contributed by atoms with van der Waals surface area (Å²) in [6, 6.07) is 5.47. The lowest BCUT2D eigenvalue weighted by molar-refractivity contribution is -0.384. The average Bonchev–Trinajstić information content (AvgIpc) is 3.30. The molecule has 0 radical (unpaired) electrons. The maximum atomic E-state index is 12.2. The molecule has 0 atom stereocenters. The number of aryl methyl sites for hydroxylation is 2. The van der Waals surface area contributed by atoms with Crippen molar-refractivity contribution in [3.05, 3.63) is 68.2 Å². The second-order valence-corrected chi connectivity index (χ2v) is 7.14. The van der Waals surface area contributed by atoms with Crippen LogP contribution in [0.25, 0.3) is 0 Å². The van der Waals surface area contributed by atoms with Crippen LogP contribution in [0.5, 0.6) is 5.75 Å². The van der Waals surface area contributed by atoms with Gasteiger partial charge in [0.1, 0.15) is 11.4 Å². The summed E-state index contributed by atoms with van der Waals surface area (Å²) in [6.07, 6.45) is 4.02. The van der Waals surface area contributed by atoms with Crippen LogP contribution in [0.15, 0.2) is 36.7 Å². The van der Waals surface area contributed by atoms with E-state index in [1.165, 1.54) is 22.9 Å². The number of benzene rings is 1. The Morgan fingerprint density at radius 1 is 1.23 bits per heavy atom. The van der Waals surface area contributed by atoms with Gasteiger partial charge in [-0.25, -0.2) is 4.68 Å². The first-order valence-electron chi connectivity index (χ1n) is 8.91. The minimum atomic E-state index is -0.542. The molecule has 2 aromatic heterocycles. The Kier molecular flexibility index (Phi) is 6.91. The zero-order chi connectivity index (χ0) is 21.7. The fraction of sp³-hybridized carbons (Fsp3) is 0.278. The first-order chi connectivity index (χ1) is 14.3. The summed E-state index contributed by atoms with van der Waals surface area (Å²) in [5, 5.41) is 22.7. The van der Waals surface area contributed by atoms with E-state index in [4.69, 9.17) is 27.9 Å². The number of aromatic nitrogens is 4. The van der Waals surface area contributed by atoms with Crippen molar-refractivity contribution in [2.75, 3.05) is 6.54 Å². The molecule has 0 aliphatic carbocycles. The number of nitro benzene ring substituents is 1. The molecule has 0 spiro atoms. The van der Waals surface area contributed by atoms with Gasteiger partial charge in [0.2, 0.25) is 0 Å². The van der Waals surface area contributed by atoms with E-state index in [9.17, 15) is 14.9 Å². The van der Waals surface area contributed by atoms with Crippen molar-refractivity contribution in [3.8, 4) is 5.75 Å². The summed E-state index contributed by atoms with van der Waals surface area (Å²) in [4.78, 5) is 22.4. The monoisotopic (exact) mass is 452 g/mol. The highest BCUT2D eigenvalue weighted by molar-refractivity contribution is 6.32. The highest BCUT2D eigenvalue weighted by Gasteiger charge is 2.12. The van der Waals surface area contributed by atoms with Gasteiger partial charge in [-0.05, 0) is 25.5 Å². The Morgan fingerprint density at radius 2 is 2.03 bits per heavy atom. The second-order valence-electron chi connectivity index (χ2n) is 6.32. The molecule has 3 aromatic rings. The van der Waals surface area contributed by atoms with E-state index < -0.39 is 4.92 Å². The number of non-ortho nitro benzene ring substituents is 1. The SMILES string of the molecule is Cc1nn(CCCNC(=O)c2ccn(COc3ccc([N+](=O)[O-])cc3Cl)n2)cc1Cl. The Morgan fingerprint density at radius 3 is 2.70 bits per heavy atom. The van der Waals surface area contributed by atoms with E-state index in [-0.39, 0.29) is 34.8 Å². The molecule has 0 bridgehead atoms. The van der Waals surface area contributed by atoms with Gasteiger partial charge in [0.25, 0.3) is 11.6 Å². The van der Waals surface area contributed by atoms with Gasteiger partial charge in [-0.15, -0.1) is 0 Å². The molecule has 1 aromatic carbocycles. The first-order valence-corrected chi connectivity index (χ1v) is 9.67. The third kappa shape index (κ3) is 5.49. The third-order valence-electron chi connectivity index (χ3n) is 4.09. The van der Waals surface area contributed by atoms with Crippen molar-refractivity contribution in [2.24, 2.45) is 0 Å². The fourth-order valence-electron chi connectivity index (χ4n) is 2.55. The summed E-state index contributed by atoms with van der Waals surface area (Å²) in [5.41, 5.74) is 0.881. The highest BCUT2D eigenvalue weighted by Crippen LogP contribution is 2.28. The molecule has 158 valence electrons. The van der Waals surface area contributed by atoms with Gasteiger partial charge in [0.05, 0.1) is 20.7 Å². The Labute approximate surface area is 181 Å². The van der Waals surface area contributed by atoms with Gasteiger partial charge in [-0.3, -0.25) is 19.6 Å². The van der Waals surface area contributed by atoms with Crippen LogP contribution in [0.1, 0.15) is 22.6 Å². The zero-order valence-electron chi connectivity index (χ0n) is 15.9. The lowest BCUT2D eigenvalue weighted by Gasteiger charge is -2.08. The third-order valence-corrected chi connectivity index (χ3v) is 4.75. The van der Waals surface area contributed by atoms with E-state index in [0.717, 1.165) is 5.69 Å². The van der Waals surface area contributed by atoms with Crippen molar-refractivity contribution in [3.63, 3.8) is 0 Å². The number of amides is 1. The van der Waals surface area contributed by atoms with Crippen molar-refractivity contribution in [2.45, 2.75) is 26.6 Å². The molecule has 10 nitrogen and oxygen atoms in total. The molecule has 0 unspecified atom stereocenters. The van der Waals surface area contributed by atoms with Crippen LogP contribution < -0.4 is 10.1 Å². The summed E-state index contributed by atoms with van der Waals surface area (Å²) in [6.45, 7) is 2.91. The lowest BCUT2D eigenvalue weighted by atomic mass is 10.3. The van der Waals surface area contributed by atoms with Crippen LogP contribution in [0.3, 0.4) is 0 Å². The molecule has 0 aliphatic rings. The van der Waals surface area contributed by atoms with E-state index >= 15 is 0 Å². The minimum absolute atomic E-state index is 0.00970. The maximum Gasteiger partial charge on any atom is 0.271 e. The highest BCUT2D eigenvalue weighted by atomic mass is 35.5. The van der Waals surface area contributed by atoms with Crippen LogP contribution in [-0.2, 0) is 13.3 Å². The average molecular weight is 453 g/mol. The number of carbonyl (C=O) groups is 1. The van der Waals surface area contributed by atoms with Crippen molar-refractivity contribution in [1.82, 2.24) is 24.9 Å². The van der Waals surface area contributed by atoms with E-state index in [1.807, 2.05) is 6.92 Å². The van der Waals surface area contributed by atoms with Gasteiger partial charge in [0, 0.05) is 37.6 Å². The number of nitro groups is 1. The van der Waals surface area contributed by atoms with Gasteiger partial charge in [-0.1, -0.05) is 23.2 Å². The molecule has 30 heavy (non-hydrogen) atoms. The number of carbonyl (C=O) groups excluding carboxylic acids is 1. The standard InChI is InChI=1S/C18H18Cl2N6O4/c1-12-15(20)10-24(22-12)7-2-6-21-18(27)16-5-8-25(23-16)11-30-17-4-3-13(26(28)29)9-14(17)19/h3-5,8-10H,2,6-7,11H2,1H3,(H,21,27). The number of ether oxygens (including phenoxy) is 1. The molecule has 12 heteroatoms. The van der Waals surface area contributed by atoms with Crippen LogP contribution in [0.2, 0.25) is 10.0 Å². The molecular formula is C18H18Cl2N6O4. The normalized spacial score (nSPS) is 10.8. The van der Waals surface area contributed by atoms with E-state index in [0.29, 0.717) is 24.5 Å². The smallest absolute Gasteiger partial charge is 0.271 e. The van der Waals surface area contributed by atoms with Gasteiger partial charge < -0.3 is 10.1 Å². The predicted octanol–water partition coefficient (Wildman–Crippen LogP) is 3.46. The van der Waals surface area contributed by atoms with Crippen LogP contribution in [0, 0.1) is 17.0 Å². The molecule has 1 N–H and O–H groups in total. The Balaban J connectivity index is 1.46. The van der Waals surface area contributed by atoms with Gasteiger partial charge >= 0.3 is 0 Å². The van der Waals surface area contributed by atoms with E-state index in [2.05, 4.69) is 15.5 Å². The van der Waals surface area contributed by atoms with Crippen LogP contribution in [0.4, 0.5) is 5.69 Å². The minimum Gasteiger partial charge on any atom is -0.470 e. The van der Waals surface area contributed by atoms with Gasteiger partial charge in [-0.2, -0.15) is 10.2 Å². The summed E-state index contributed by atoms with van der Waals surface area (Å²) >= 11 is 11.9. The fourth-order valence-corrected chi connectivity index (χ4v) is 2.93. The number of hydrogen-bond donors (Lipinski definition) is 1. The van der Waals surface area contributed by atoms with Crippen LogP contribution >= 0.6 is 23.2 Å². The number of nitrogens with one attached hydrogen (secondary N) is 1. The summed E-state index contributed by atoms with van der Waals surface area (Å²) < 4.78 is 8.66. The van der Waals surface area contributed by atoms with Crippen LogP contribution in [-0.4, -0.2) is 36.9 Å². The summed E-state index contributed by atoms with van der Waals surface area (Å²) in [7, 11) is 0. The second kappa shape index (κ2) is 9.59. The number of hydrogen-bond acceptors (Lipinski definition) is 6. The molecular weight excluding hydrogens is 435 g/mol. The molecule has 0 aliphatic heterocycles. The number of halogens is 2. The Bertz CT molecular complexity index is 1050. The van der Waals surface area contributed by atoms with Crippen molar-refractivity contribution in [1.29, 1.82) is 0 Å². The number of nitrogens with zero attached hydrogens (tertiary/aromatic N) is 5. The lowest BCUT2D eigenvalue weighted by Crippen LogP contribution is -2.26. The van der Waals surface area contributed by atoms with Crippen molar-refractivity contribution >= 4 is 34.8 Å². The first kappa shape index (κ1) is 21.6. The molecule has 0 saturated carbocycles. The Hall–Kier alpha value is -3.11. The molecule has 0 saturated heterocycles. The number of rotatable bonds is 9. The largest absolute Gasteiger partial charge is 0.470 e. The zero-order valence-corrected chi connectivity index (χ0v) is 17.4. The molecule has 2 heterocycles.